The number of nitrogens with two attached hydrogens (primary N) is 1. The van der Waals surface area contributed by atoms with Crippen molar-refractivity contribution < 1.29 is 4.79 Å². The predicted octanol–water partition coefficient (Wildman–Crippen LogP) is 0.744. The van der Waals surface area contributed by atoms with Crippen molar-refractivity contribution in [2.45, 2.75) is 13.8 Å². The van der Waals surface area contributed by atoms with Gasteiger partial charge in [-0.25, -0.2) is 4.98 Å². The molecule has 102 valence electrons. The van der Waals surface area contributed by atoms with Crippen molar-refractivity contribution in [2.75, 3.05) is 30.8 Å². The third-order valence-electron chi connectivity index (χ3n) is 2.54. The number of carbonyl (C=O) groups is 1. The van der Waals surface area contributed by atoms with E-state index in [-0.39, 0.29) is 12.5 Å². The Morgan fingerprint density at radius 2 is 2.32 bits per heavy atom. The molecule has 1 heterocycles. The van der Waals surface area contributed by atoms with Gasteiger partial charge in [0.05, 0.1) is 17.8 Å². The van der Waals surface area contributed by atoms with Crippen LogP contribution in [0.3, 0.4) is 0 Å². The highest BCUT2D eigenvalue weighted by molar-refractivity contribution is 5.82. The Bertz CT molecular complexity index is 492. The van der Waals surface area contributed by atoms with E-state index < -0.39 is 0 Å². The van der Waals surface area contributed by atoms with Gasteiger partial charge in [0.25, 0.3) is 0 Å². The summed E-state index contributed by atoms with van der Waals surface area (Å²) in [5.41, 5.74) is 6.49. The molecule has 0 aliphatic rings. The number of nitriles is 1. The molecular weight excluding hydrogens is 242 g/mol. The van der Waals surface area contributed by atoms with Crippen molar-refractivity contribution in [3.63, 3.8) is 0 Å². The fourth-order valence-electron chi connectivity index (χ4n) is 1.53. The second-order valence-electron chi connectivity index (χ2n) is 4.76. The average molecular weight is 261 g/mol. The maximum absolute atomic E-state index is 11.7. The summed E-state index contributed by atoms with van der Waals surface area (Å²) in [6.45, 7) is 4.84. The molecule has 0 spiro atoms. The number of pyridine rings is 1. The number of hydrogen-bond acceptors (Lipinski definition) is 5. The first-order valence-electron chi connectivity index (χ1n) is 6.08. The van der Waals surface area contributed by atoms with Crippen LogP contribution in [0.1, 0.15) is 19.4 Å². The van der Waals surface area contributed by atoms with E-state index in [0.29, 0.717) is 29.5 Å². The van der Waals surface area contributed by atoms with Gasteiger partial charge >= 0.3 is 0 Å². The number of likely N-dealkylation sites (N-methyl/N-ethyl adjacent to an activating group) is 1. The summed E-state index contributed by atoms with van der Waals surface area (Å²) in [7, 11) is 1.72. The van der Waals surface area contributed by atoms with E-state index in [2.05, 4.69) is 10.3 Å². The number of nitrogens with zero attached hydrogens (tertiary/aromatic N) is 3. The van der Waals surface area contributed by atoms with Crippen LogP contribution in [0.5, 0.6) is 0 Å². The number of aromatic nitrogens is 1. The van der Waals surface area contributed by atoms with Crippen LogP contribution >= 0.6 is 0 Å². The van der Waals surface area contributed by atoms with Gasteiger partial charge in [-0.1, -0.05) is 13.8 Å². The van der Waals surface area contributed by atoms with E-state index >= 15 is 0 Å². The Labute approximate surface area is 113 Å². The van der Waals surface area contributed by atoms with Crippen LogP contribution in [0.25, 0.3) is 0 Å². The zero-order chi connectivity index (χ0) is 14.4. The minimum Gasteiger partial charge on any atom is -0.395 e. The summed E-state index contributed by atoms with van der Waals surface area (Å²) in [4.78, 5) is 17.4. The molecule has 1 amide bonds. The summed E-state index contributed by atoms with van der Waals surface area (Å²) in [5.74, 6) is 0.748. The van der Waals surface area contributed by atoms with Gasteiger partial charge in [-0.15, -0.1) is 0 Å². The standard InChI is InChI=1S/C13H19N5O/c1-9(2)7-17-11(19)8-18(3)13-12(15)10(6-14)4-5-16-13/h4-5,9H,7-8,15H2,1-3H3,(H,17,19). The lowest BCUT2D eigenvalue weighted by atomic mass is 10.2. The summed E-state index contributed by atoms with van der Waals surface area (Å²) in [6, 6.07) is 3.54. The van der Waals surface area contributed by atoms with Gasteiger partial charge in [-0.2, -0.15) is 5.26 Å². The SMILES string of the molecule is CC(C)CNC(=O)CN(C)c1nccc(C#N)c1N. The van der Waals surface area contributed by atoms with Crippen LogP contribution in [-0.2, 0) is 4.79 Å². The Morgan fingerprint density at radius 1 is 1.63 bits per heavy atom. The van der Waals surface area contributed by atoms with Crippen molar-refractivity contribution in [1.82, 2.24) is 10.3 Å². The van der Waals surface area contributed by atoms with Crippen LogP contribution in [0.15, 0.2) is 12.3 Å². The largest absolute Gasteiger partial charge is 0.395 e. The molecule has 6 nitrogen and oxygen atoms in total. The van der Waals surface area contributed by atoms with Crippen molar-refractivity contribution in [1.29, 1.82) is 5.26 Å². The molecule has 0 aromatic carbocycles. The smallest absolute Gasteiger partial charge is 0.239 e. The van der Waals surface area contributed by atoms with E-state index in [0.717, 1.165) is 0 Å². The maximum atomic E-state index is 11.7. The van der Waals surface area contributed by atoms with Gasteiger partial charge in [0, 0.05) is 19.8 Å². The molecule has 1 aromatic rings. The second-order valence-corrected chi connectivity index (χ2v) is 4.76. The molecule has 0 aliphatic heterocycles. The summed E-state index contributed by atoms with van der Waals surface area (Å²) < 4.78 is 0. The van der Waals surface area contributed by atoms with Gasteiger partial charge in [0.2, 0.25) is 5.91 Å². The minimum absolute atomic E-state index is 0.0974. The molecule has 0 unspecified atom stereocenters. The molecule has 0 aliphatic carbocycles. The van der Waals surface area contributed by atoms with E-state index in [1.165, 1.54) is 6.20 Å². The summed E-state index contributed by atoms with van der Waals surface area (Å²) >= 11 is 0. The number of hydrogen-bond donors (Lipinski definition) is 2. The lowest BCUT2D eigenvalue weighted by molar-refractivity contribution is -0.119. The van der Waals surface area contributed by atoms with E-state index in [1.54, 1.807) is 18.0 Å². The molecule has 1 rings (SSSR count). The number of rotatable bonds is 5. The third-order valence-corrected chi connectivity index (χ3v) is 2.54. The zero-order valence-electron chi connectivity index (χ0n) is 11.5. The first-order chi connectivity index (χ1) is 8.95. The first-order valence-corrected chi connectivity index (χ1v) is 6.08. The van der Waals surface area contributed by atoms with Crippen LogP contribution < -0.4 is 16.0 Å². The fraction of sp³-hybridized carbons (Fsp3) is 0.462. The first kappa shape index (κ1) is 14.8. The predicted molar refractivity (Wildman–Crippen MR) is 74.5 cm³/mol. The lowest BCUT2D eigenvalue weighted by Crippen LogP contribution is -2.37. The molecule has 0 bridgehead atoms. The monoisotopic (exact) mass is 261 g/mol. The summed E-state index contributed by atoms with van der Waals surface area (Å²) in [6.07, 6.45) is 1.51. The zero-order valence-corrected chi connectivity index (χ0v) is 11.5. The second kappa shape index (κ2) is 6.59. The molecular formula is C13H19N5O. The number of nitrogens with one attached hydrogen (secondary N) is 1. The Balaban J connectivity index is 2.71. The molecule has 0 saturated heterocycles. The van der Waals surface area contributed by atoms with Crippen molar-refractivity contribution >= 4 is 17.4 Å². The van der Waals surface area contributed by atoms with Crippen LogP contribution in [0, 0.1) is 17.2 Å². The molecule has 19 heavy (non-hydrogen) atoms. The van der Waals surface area contributed by atoms with Crippen molar-refractivity contribution in [3.05, 3.63) is 17.8 Å². The third kappa shape index (κ3) is 4.14. The van der Waals surface area contributed by atoms with Crippen LogP contribution in [0.4, 0.5) is 11.5 Å². The average Bonchev–Trinajstić information content (AvgIpc) is 2.36. The van der Waals surface area contributed by atoms with Gasteiger partial charge in [0.15, 0.2) is 5.82 Å². The molecule has 1 aromatic heterocycles. The van der Waals surface area contributed by atoms with Gasteiger partial charge in [0.1, 0.15) is 6.07 Å². The number of nitrogen functional groups attached to an aromatic ring is 1. The minimum atomic E-state index is -0.0974. The Hall–Kier alpha value is -2.29. The fourth-order valence-corrected chi connectivity index (χ4v) is 1.53. The molecule has 0 radical (unpaired) electrons. The molecule has 6 heteroatoms. The van der Waals surface area contributed by atoms with Crippen LogP contribution in [-0.4, -0.2) is 31.0 Å². The van der Waals surface area contributed by atoms with E-state index in [4.69, 9.17) is 11.0 Å². The van der Waals surface area contributed by atoms with Gasteiger partial charge in [-0.05, 0) is 12.0 Å². The normalized spacial score (nSPS) is 10.1. The van der Waals surface area contributed by atoms with Crippen LogP contribution in [0.2, 0.25) is 0 Å². The topological polar surface area (TPSA) is 95.0 Å². The molecule has 0 saturated carbocycles. The van der Waals surface area contributed by atoms with E-state index in [9.17, 15) is 4.79 Å². The number of carbonyl (C=O) groups excluding carboxylic acids is 1. The Kier molecular flexibility index (Phi) is 5.12. The van der Waals surface area contributed by atoms with E-state index in [1.807, 2.05) is 19.9 Å². The van der Waals surface area contributed by atoms with Gasteiger partial charge in [-0.3, -0.25) is 4.79 Å². The van der Waals surface area contributed by atoms with Crippen molar-refractivity contribution in [2.24, 2.45) is 5.92 Å². The van der Waals surface area contributed by atoms with Crippen molar-refractivity contribution in [3.8, 4) is 6.07 Å². The summed E-state index contributed by atoms with van der Waals surface area (Å²) in [5, 5.41) is 11.7. The highest BCUT2D eigenvalue weighted by Gasteiger charge is 2.13. The maximum Gasteiger partial charge on any atom is 0.239 e. The Morgan fingerprint density at radius 3 is 2.89 bits per heavy atom. The highest BCUT2D eigenvalue weighted by Crippen LogP contribution is 2.21. The highest BCUT2D eigenvalue weighted by atomic mass is 16.2. The van der Waals surface area contributed by atoms with Gasteiger partial charge < -0.3 is 16.0 Å². The molecule has 0 atom stereocenters. The molecule has 0 fully saturated rings. The lowest BCUT2D eigenvalue weighted by Gasteiger charge is -2.20. The number of anilines is 2. The quantitative estimate of drug-likeness (QED) is 0.815. The molecule has 3 N–H and O–H groups in total. The number of amides is 1.